The fraction of sp³-hybridized carbons (Fsp3) is 0.833. The van der Waals surface area contributed by atoms with E-state index < -0.39 is 6.10 Å². The number of unbranched alkanes of at least 4 members (excludes halogenated alkanes) is 1. The maximum Gasteiger partial charge on any atom is 0.303 e. The van der Waals surface area contributed by atoms with Crippen molar-refractivity contribution < 1.29 is 111 Å². The first kappa shape index (κ1) is 97.4. The number of hydrogen-bond acceptors (Lipinski definition) is 29. The third kappa shape index (κ3) is 111. The van der Waals surface area contributed by atoms with Gasteiger partial charge in [0.15, 0.2) is 0 Å². The van der Waals surface area contributed by atoms with E-state index in [4.69, 9.17) is 53.2 Å². The first-order valence-corrected chi connectivity index (χ1v) is 29.6. The van der Waals surface area contributed by atoms with Crippen molar-refractivity contribution in [3.05, 3.63) is 12.3 Å². The molecule has 89 heavy (non-hydrogen) atoms. The summed E-state index contributed by atoms with van der Waals surface area (Å²) in [4.78, 5) is 94.4. The van der Waals surface area contributed by atoms with Gasteiger partial charge in [0.25, 0.3) is 0 Å². The maximum absolute atomic E-state index is 10.5. The lowest BCUT2D eigenvalue weighted by Gasteiger charge is -2.28. The average molecular weight is 1300 g/mol. The lowest BCUT2D eigenvalue weighted by Crippen LogP contribution is -2.42. The number of hydrogen-bond donors (Lipinski definition) is 4. The SMILES string of the molecule is C=C(C)OC.CC(=O)OC(C)(C)C.CC(=O)OCC(O)CN1CCOCC1.CC(=O)OCCCCN(C)C.CC(=O)OCCCN(C)C.CC(=O)OCCN(C)C.CC(=O)OCCN(CCO)CCO.CC(=O)OCCN1CCOCC1.CC(=O)OCCO. The molecule has 1 unspecified atom stereocenters. The number of methoxy groups -OCH3 is 1. The Morgan fingerprint density at radius 1 is 0.461 bits per heavy atom. The van der Waals surface area contributed by atoms with Crippen LogP contribution in [0.5, 0.6) is 0 Å². The Morgan fingerprint density at radius 2 is 0.809 bits per heavy atom. The van der Waals surface area contributed by atoms with Gasteiger partial charge >= 0.3 is 47.8 Å². The van der Waals surface area contributed by atoms with E-state index in [-0.39, 0.29) is 86.4 Å². The van der Waals surface area contributed by atoms with Crippen LogP contribution < -0.4 is 0 Å². The number of likely N-dealkylation sites (N-methyl/N-ethyl adjacent to an activating group) is 1. The highest BCUT2D eigenvalue weighted by Crippen LogP contribution is 2.06. The van der Waals surface area contributed by atoms with Gasteiger partial charge in [-0.1, -0.05) is 6.58 Å². The molecule has 2 heterocycles. The number of allylic oxidation sites excluding steroid dienone is 1. The van der Waals surface area contributed by atoms with Gasteiger partial charge in [-0.3, -0.25) is 53.1 Å². The Bertz CT molecular complexity index is 1710. The molecule has 530 valence electrons. The van der Waals surface area contributed by atoms with Crippen molar-refractivity contribution in [3.8, 4) is 0 Å². The summed E-state index contributed by atoms with van der Waals surface area (Å²) < 4.78 is 52.4. The molecule has 0 aromatic rings. The Balaban J connectivity index is -0.000000172. The van der Waals surface area contributed by atoms with Crippen LogP contribution in [0.1, 0.15) is 102 Å². The summed E-state index contributed by atoms with van der Waals surface area (Å²) in [6, 6.07) is 0. The zero-order valence-corrected chi connectivity index (χ0v) is 58.0. The van der Waals surface area contributed by atoms with E-state index >= 15 is 0 Å². The first-order valence-electron chi connectivity index (χ1n) is 29.6. The summed E-state index contributed by atoms with van der Waals surface area (Å²) in [7, 11) is 13.5. The van der Waals surface area contributed by atoms with Crippen molar-refractivity contribution in [1.82, 2.24) is 29.4 Å². The Morgan fingerprint density at radius 3 is 1.13 bits per heavy atom. The van der Waals surface area contributed by atoms with Crippen LogP contribution in [-0.4, -0.2) is 330 Å². The highest BCUT2D eigenvalue weighted by atomic mass is 16.6. The smallest absolute Gasteiger partial charge is 0.303 e. The molecule has 0 aromatic carbocycles. The van der Waals surface area contributed by atoms with Gasteiger partial charge in [0, 0.05) is 127 Å². The quantitative estimate of drug-likeness (QED) is 0.0357. The van der Waals surface area contributed by atoms with Crippen LogP contribution in [0.3, 0.4) is 0 Å². The molecule has 29 nitrogen and oxygen atoms in total. The highest BCUT2D eigenvalue weighted by molar-refractivity contribution is 5.68. The lowest BCUT2D eigenvalue weighted by atomic mass is 10.2. The molecule has 2 aliphatic heterocycles. The van der Waals surface area contributed by atoms with Gasteiger partial charge in [-0.2, -0.15) is 0 Å². The second kappa shape index (κ2) is 70.3. The topological polar surface area (TPSA) is 338 Å². The minimum absolute atomic E-state index is 0.0417. The Kier molecular flexibility index (Phi) is 76.9. The monoisotopic (exact) mass is 1290 g/mol. The van der Waals surface area contributed by atoms with Crippen molar-refractivity contribution in [2.45, 2.75) is 114 Å². The van der Waals surface area contributed by atoms with Gasteiger partial charge in [-0.05, 0) is 95.8 Å². The van der Waals surface area contributed by atoms with E-state index in [1.165, 1.54) is 55.4 Å². The minimum Gasteiger partial charge on any atom is -0.502 e. The summed E-state index contributed by atoms with van der Waals surface area (Å²) in [5.74, 6) is -1.29. The zero-order valence-electron chi connectivity index (χ0n) is 58.0. The van der Waals surface area contributed by atoms with Crippen molar-refractivity contribution >= 4 is 47.8 Å². The van der Waals surface area contributed by atoms with Gasteiger partial charge in [0.05, 0.1) is 72.3 Å². The van der Waals surface area contributed by atoms with Crippen LogP contribution in [0, 0.1) is 0 Å². The molecule has 4 N–H and O–H groups in total. The molecule has 0 radical (unpaired) electrons. The number of rotatable bonds is 29. The van der Waals surface area contributed by atoms with Gasteiger partial charge in [0.2, 0.25) is 0 Å². The van der Waals surface area contributed by atoms with Gasteiger partial charge in [-0.25, -0.2) is 0 Å². The number of aliphatic hydroxyl groups excluding tert-OH is 4. The number of esters is 8. The van der Waals surface area contributed by atoms with Crippen molar-refractivity contribution in [2.75, 3.05) is 220 Å². The molecule has 0 spiro atoms. The molecular formula is C60H122N6O23. The normalized spacial score (nSPS) is 12.7. The molecule has 1 atom stereocenters. The fourth-order valence-corrected chi connectivity index (χ4v) is 5.76. The number of morpholine rings is 2. The van der Waals surface area contributed by atoms with E-state index in [0.29, 0.717) is 72.4 Å². The molecule has 0 amide bonds. The van der Waals surface area contributed by atoms with Crippen LogP contribution in [-0.2, 0) is 90.5 Å². The summed E-state index contributed by atoms with van der Waals surface area (Å²) >= 11 is 0. The highest BCUT2D eigenvalue weighted by Gasteiger charge is 2.16. The summed E-state index contributed by atoms with van der Waals surface area (Å²) in [5, 5.41) is 34.8. The molecule has 0 aliphatic carbocycles. The fourth-order valence-electron chi connectivity index (χ4n) is 5.76. The van der Waals surface area contributed by atoms with E-state index in [9.17, 15) is 43.5 Å². The molecule has 0 saturated carbocycles. The summed E-state index contributed by atoms with van der Waals surface area (Å²) in [5.41, 5.74) is -0.328. The van der Waals surface area contributed by atoms with E-state index in [1.807, 2.05) is 72.9 Å². The average Bonchev–Trinajstić information content (AvgIpc) is 3.44. The van der Waals surface area contributed by atoms with Gasteiger partial charge < -0.3 is 87.2 Å². The Labute approximate surface area is 533 Å². The predicted molar refractivity (Wildman–Crippen MR) is 338 cm³/mol. The summed E-state index contributed by atoms with van der Waals surface area (Å²) in [6.07, 6.45) is 2.35. The molecule has 2 aliphatic rings. The van der Waals surface area contributed by atoms with E-state index in [2.05, 4.69) is 40.4 Å². The number of aliphatic hydroxyl groups is 4. The maximum atomic E-state index is 10.5. The third-order valence-electron chi connectivity index (χ3n) is 9.81. The number of carbonyl (C=O) groups is 8. The van der Waals surface area contributed by atoms with Gasteiger partial charge in [-0.15, -0.1) is 0 Å². The minimum atomic E-state index is -0.600. The zero-order chi connectivity index (χ0) is 70.0. The molecule has 0 bridgehead atoms. The second-order valence-corrected chi connectivity index (χ2v) is 21.0. The van der Waals surface area contributed by atoms with E-state index in [1.54, 1.807) is 14.0 Å². The lowest BCUT2D eigenvalue weighted by molar-refractivity contribution is -0.152. The molecule has 2 rings (SSSR count). The molecule has 0 aromatic heterocycles. The summed E-state index contributed by atoms with van der Waals surface area (Å²) in [6.45, 7) is 36.7. The van der Waals surface area contributed by atoms with Crippen LogP contribution in [0.15, 0.2) is 12.3 Å². The van der Waals surface area contributed by atoms with Crippen molar-refractivity contribution in [2.24, 2.45) is 0 Å². The number of nitrogens with zero attached hydrogens (tertiary/aromatic N) is 6. The largest absolute Gasteiger partial charge is 0.502 e. The van der Waals surface area contributed by atoms with Crippen molar-refractivity contribution in [1.29, 1.82) is 0 Å². The molecule has 2 fully saturated rings. The Hall–Kier alpha value is -5.18. The van der Waals surface area contributed by atoms with Crippen molar-refractivity contribution in [3.63, 3.8) is 0 Å². The number of carbonyl (C=O) groups excluding carboxylic acids is 8. The second-order valence-electron chi connectivity index (χ2n) is 21.0. The third-order valence-corrected chi connectivity index (χ3v) is 9.81. The molecule has 29 heteroatoms. The van der Waals surface area contributed by atoms with Crippen LogP contribution in [0.2, 0.25) is 0 Å². The van der Waals surface area contributed by atoms with E-state index in [0.717, 1.165) is 90.6 Å². The first-order chi connectivity index (χ1) is 41.5. The molecular weight excluding hydrogens is 1170 g/mol. The standard InChI is InChI=1S/C9H17NO4.C8H17NO4.C8H15NO3.C8H17NO2.C7H15NO2.C6H13NO2.C6H12O2.C4H8O3.C4H8O/c1-8(11)14-7-9(12)6-10-2-4-13-5-3-10;1-8(12)13-7-4-9(2-5-10)3-6-11;1-8(10)12-7-4-9-2-5-11-6-3-9;1-8(10)11-7-5-4-6-9(2)3;1-7(9)10-6-4-5-8(2)3;1-6(8)9-5-4-7(2)3;1-5(7)8-6(2,3)4;1-4(6)7-3-2-5;1-4(2)5-3/h9,12H,2-7H2,1H3;10-11H,2-7H2,1H3;2-7H2,1H3;4-7H2,1-3H3;4-6H2,1-3H3;4-5H2,1-3H3;1-4H3;5H,2-3H2,1H3;1H2,2-3H3. The van der Waals surface area contributed by atoms with Gasteiger partial charge in [0.1, 0.15) is 44.7 Å². The van der Waals surface area contributed by atoms with Crippen LogP contribution in [0.4, 0.5) is 0 Å². The number of β-amino-alcohol motifs (C(OH)–C–C–N with tert-alkyl or cyclic N) is 1. The van der Waals surface area contributed by atoms with Crippen LogP contribution in [0.25, 0.3) is 0 Å². The van der Waals surface area contributed by atoms with Crippen LogP contribution >= 0.6 is 0 Å². The number of ether oxygens (including phenoxy) is 11. The predicted octanol–water partition coefficient (Wildman–Crippen LogP) is 1.52. The molecule has 2 saturated heterocycles.